The Labute approximate surface area is 244 Å². The number of piperidine rings is 1. The van der Waals surface area contributed by atoms with Crippen LogP contribution < -0.4 is 9.47 Å². The first-order chi connectivity index (χ1) is 19.6. The maximum absolute atomic E-state index is 13.6. The number of benzene rings is 2. The molecule has 1 amide bonds. The van der Waals surface area contributed by atoms with Crippen LogP contribution in [0.15, 0.2) is 35.9 Å². The molecule has 5 rings (SSSR count). The van der Waals surface area contributed by atoms with Gasteiger partial charge in [0.2, 0.25) is 5.91 Å². The van der Waals surface area contributed by atoms with E-state index in [0.29, 0.717) is 42.3 Å². The van der Waals surface area contributed by atoms with Gasteiger partial charge >= 0.3 is 5.97 Å². The largest absolute Gasteiger partial charge is 0.493 e. The van der Waals surface area contributed by atoms with E-state index in [0.717, 1.165) is 49.9 Å². The maximum atomic E-state index is 13.6. The van der Waals surface area contributed by atoms with E-state index >= 15 is 0 Å². The van der Waals surface area contributed by atoms with Gasteiger partial charge in [-0.1, -0.05) is 25.5 Å². The van der Waals surface area contributed by atoms with E-state index in [1.807, 2.05) is 17.0 Å². The summed E-state index contributed by atoms with van der Waals surface area (Å²) in [6.45, 7) is 10.9. The molecule has 2 aromatic rings. The van der Waals surface area contributed by atoms with Gasteiger partial charge in [0.1, 0.15) is 0 Å². The van der Waals surface area contributed by atoms with Gasteiger partial charge in [0, 0.05) is 37.3 Å². The predicted molar refractivity (Wildman–Crippen MR) is 160 cm³/mol. The highest BCUT2D eigenvalue weighted by Gasteiger charge is 2.41. The number of aliphatic carboxylic acids is 1. The Bertz CT molecular complexity index is 1370. The summed E-state index contributed by atoms with van der Waals surface area (Å²) >= 11 is 0. The van der Waals surface area contributed by atoms with Crippen molar-refractivity contribution in [1.29, 1.82) is 0 Å². The number of fused-ring (bicyclic) bond motifs is 4. The number of rotatable bonds is 7. The Morgan fingerprint density at radius 3 is 2.29 bits per heavy atom. The van der Waals surface area contributed by atoms with Gasteiger partial charge in [-0.15, -0.1) is 0 Å². The van der Waals surface area contributed by atoms with E-state index in [4.69, 9.17) is 9.47 Å². The van der Waals surface area contributed by atoms with Crippen LogP contribution in [0.4, 0.5) is 0 Å². The molecular formula is C34H44N2O5. The number of methoxy groups -OCH3 is 2. The molecule has 1 N–H and O–H groups in total. The highest BCUT2D eigenvalue weighted by atomic mass is 16.5. The first-order valence-electron chi connectivity index (χ1n) is 15.0. The summed E-state index contributed by atoms with van der Waals surface area (Å²) in [5.41, 5.74) is 7.96. The Morgan fingerprint density at radius 2 is 1.61 bits per heavy atom. The zero-order chi connectivity index (χ0) is 29.4. The first kappa shape index (κ1) is 29.2. The highest BCUT2D eigenvalue weighted by Crippen LogP contribution is 2.48. The van der Waals surface area contributed by atoms with Crippen LogP contribution in [-0.4, -0.2) is 60.6 Å². The molecule has 4 unspecified atom stereocenters. The molecule has 3 aliphatic rings. The second kappa shape index (κ2) is 11.9. The Hall–Kier alpha value is -3.32. The number of ether oxygens (including phenoxy) is 2. The molecule has 2 aromatic carbocycles. The molecule has 41 heavy (non-hydrogen) atoms. The van der Waals surface area contributed by atoms with Crippen molar-refractivity contribution in [1.82, 2.24) is 9.80 Å². The minimum atomic E-state index is -1.07. The SMILES string of the molecule is CCC1CN2CCc3cc(C)c(C)cc3C2CC1CC1c2cc(OC)c(OC)cc2CCN1C(=O)/C=C(\C)C(=O)O. The smallest absolute Gasteiger partial charge is 0.331 e. The molecule has 7 nitrogen and oxygen atoms in total. The fourth-order valence-electron chi connectivity index (χ4n) is 7.38. The first-order valence-corrected chi connectivity index (χ1v) is 15.0. The quantitative estimate of drug-likeness (QED) is 0.431. The van der Waals surface area contributed by atoms with E-state index in [9.17, 15) is 14.7 Å². The van der Waals surface area contributed by atoms with Crippen LogP contribution in [-0.2, 0) is 22.4 Å². The Balaban J connectivity index is 1.53. The summed E-state index contributed by atoms with van der Waals surface area (Å²) < 4.78 is 11.3. The summed E-state index contributed by atoms with van der Waals surface area (Å²) in [7, 11) is 3.28. The molecule has 0 bridgehead atoms. The lowest BCUT2D eigenvalue weighted by atomic mass is 9.71. The summed E-state index contributed by atoms with van der Waals surface area (Å²) in [5, 5.41) is 9.46. The number of carbonyl (C=O) groups excluding carboxylic acids is 1. The van der Waals surface area contributed by atoms with Crippen molar-refractivity contribution in [3.8, 4) is 11.5 Å². The minimum absolute atomic E-state index is 0.0519. The third-order valence-corrected chi connectivity index (χ3v) is 9.90. The second-order valence-electron chi connectivity index (χ2n) is 12.1. The summed E-state index contributed by atoms with van der Waals surface area (Å²) in [5.74, 6) is 0.969. The Kier molecular flexibility index (Phi) is 8.46. The molecule has 1 fully saturated rings. The van der Waals surface area contributed by atoms with Gasteiger partial charge in [0.05, 0.1) is 20.3 Å². The summed E-state index contributed by atoms with van der Waals surface area (Å²) in [4.78, 5) is 29.7. The topological polar surface area (TPSA) is 79.3 Å². The predicted octanol–water partition coefficient (Wildman–Crippen LogP) is 5.81. The molecular weight excluding hydrogens is 516 g/mol. The van der Waals surface area contributed by atoms with Gasteiger partial charge in [-0.3, -0.25) is 9.69 Å². The molecule has 0 saturated carbocycles. The average molecular weight is 561 g/mol. The van der Waals surface area contributed by atoms with Crippen molar-refractivity contribution in [3.05, 3.63) is 69.3 Å². The number of nitrogens with zero attached hydrogens (tertiary/aromatic N) is 2. The fourth-order valence-corrected chi connectivity index (χ4v) is 7.38. The second-order valence-corrected chi connectivity index (χ2v) is 12.1. The summed E-state index contributed by atoms with van der Waals surface area (Å²) in [6.07, 6.45) is 6.04. The number of hydrogen-bond donors (Lipinski definition) is 1. The molecule has 4 atom stereocenters. The lowest BCUT2D eigenvalue weighted by Gasteiger charge is -2.49. The van der Waals surface area contributed by atoms with Crippen LogP contribution in [0.5, 0.6) is 11.5 Å². The monoisotopic (exact) mass is 560 g/mol. The van der Waals surface area contributed by atoms with Gasteiger partial charge in [-0.25, -0.2) is 4.79 Å². The van der Waals surface area contributed by atoms with Crippen molar-refractivity contribution in [2.24, 2.45) is 11.8 Å². The third kappa shape index (κ3) is 5.61. The zero-order valence-electron chi connectivity index (χ0n) is 25.3. The molecule has 0 radical (unpaired) electrons. The number of carboxylic acid groups (broad SMARTS) is 1. The van der Waals surface area contributed by atoms with Crippen molar-refractivity contribution < 1.29 is 24.2 Å². The molecule has 3 heterocycles. The van der Waals surface area contributed by atoms with Gasteiger partial charge in [0.15, 0.2) is 11.5 Å². The van der Waals surface area contributed by atoms with Crippen molar-refractivity contribution >= 4 is 11.9 Å². The average Bonchev–Trinajstić information content (AvgIpc) is 2.96. The highest BCUT2D eigenvalue weighted by molar-refractivity contribution is 5.97. The number of aryl methyl sites for hydroxylation is 2. The van der Waals surface area contributed by atoms with Crippen molar-refractivity contribution in [2.75, 3.05) is 33.9 Å². The van der Waals surface area contributed by atoms with Crippen LogP contribution in [0.1, 0.15) is 78.6 Å². The number of carboxylic acids is 1. The van der Waals surface area contributed by atoms with Crippen LogP contribution in [0.2, 0.25) is 0 Å². The maximum Gasteiger partial charge on any atom is 0.331 e. The van der Waals surface area contributed by atoms with Crippen LogP contribution >= 0.6 is 0 Å². The lowest BCUT2D eigenvalue weighted by Crippen LogP contribution is -2.47. The normalized spacial score (nSPS) is 24.2. The zero-order valence-corrected chi connectivity index (χ0v) is 25.3. The Morgan fingerprint density at radius 1 is 0.951 bits per heavy atom. The number of carbonyl (C=O) groups is 2. The van der Waals surface area contributed by atoms with E-state index in [1.165, 1.54) is 35.3 Å². The number of hydrogen-bond acceptors (Lipinski definition) is 5. The number of amides is 1. The van der Waals surface area contributed by atoms with Gasteiger partial charge in [0.25, 0.3) is 0 Å². The van der Waals surface area contributed by atoms with Crippen LogP contribution in [0, 0.1) is 25.7 Å². The lowest BCUT2D eigenvalue weighted by molar-refractivity contribution is -0.134. The van der Waals surface area contributed by atoms with Crippen LogP contribution in [0.25, 0.3) is 0 Å². The van der Waals surface area contributed by atoms with Gasteiger partial charge < -0.3 is 19.5 Å². The van der Waals surface area contributed by atoms with E-state index in [-0.39, 0.29) is 17.5 Å². The van der Waals surface area contributed by atoms with Gasteiger partial charge in [-0.05, 0) is 104 Å². The van der Waals surface area contributed by atoms with E-state index in [2.05, 4.69) is 37.8 Å². The van der Waals surface area contributed by atoms with Gasteiger partial charge in [-0.2, -0.15) is 0 Å². The van der Waals surface area contributed by atoms with E-state index in [1.54, 1.807) is 14.2 Å². The minimum Gasteiger partial charge on any atom is -0.493 e. The molecule has 1 saturated heterocycles. The molecule has 0 spiro atoms. The van der Waals surface area contributed by atoms with E-state index < -0.39 is 5.97 Å². The fraction of sp³-hybridized carbons (Fsp3) is 0.529. The molecule has 0 aliphatic carbocycles. The van der Waals surface area contributed by atoms with Crippen LogP contribution in [0.3, 0.4) is 0 Å². The summed E-state index contributed by atoms with van der Waals surface area (Å²) in [6, 6.07) is 9.09. The van der Waals surface area contributed by atoms with Crippen molar-refractivity contribution in [2.45, 2.75) is 71.9 Å². The molecule has 3 aliphatic heterocycles. The third-order valence-electron chi connectivity index (χ3n) is 9.90. The van der Waals surface area contributed by atoms with Crippen molar-refractivity contribution in [3.63, 3.8) is 0 Å². The standard InChI is InChI=1S/C34H44N2O5/c1-7-23-19-35-10-8-24-12-20(2)21(3)13-27(24)29(35)15-26(23)16-30-28-18-32(41-6)31(40-5)17-25(28)9-11-36(30)33(37)14-22(4)34(38)39/h12-14,17-18,23,26,29-30H,7-11,15-16,19H2,1-6H3,(H,38,39)/b22-14+. The molecule has 220 valence electrons. The molecule has 7 heteroatoms. The molecule has 0 aromatic heterocycles.